The van der Waals surface area contributed by atoms with E-state index < -0.39 is 6.10 Å². The highest BCUT2D eigenvalue weighted by Crippen LogP contribution is 2.13. The Morgan fingerprint density at radius 1 is 0.301 bits per heavy atom. The normalized spacial score (nSPS) is 13.2. The van der Waals surface area contributed by atoms with Crippen LogP contribution in [0, 0.1) is 0 Å². The van der Waals surface area contributed by atoms with Crippen LogP contribution in [0.4, 0.5) is 0 Å². The Bertz CT molecular complexity index is 1630. The van der Waals surface area contributed by atoms with Crippen LogP contribution in [0.25, 0.3) is 0 Å². The van der Waals surface area contributed by atoms with Crippen molar-refractivity contribution in [1.82, 2.24) is 0 Å². The highest BCUT2D eigenvalue weighted by atomic mass is 16.6. The Balaban J connectivity index is 4.61. The van der Waals surface area contributed by atoms with Gasteiger partial charge in [0.15, 0.2) is 6.10 Å². The highest BCUT2D eigenvalue weighted by Gasteiger charge is 2.19. The number of hydrogen-bond acceptors (Lipinski definition) is 6. The summed E-state index contributed by atoms with van der Waals surface area (Å²) in [5, 5.41) is 0. The number of ether oxygens (including phenoxy) is 3. The number of esters is 3. The van der Waals surface area contributed by atoms with Crippen LogP contribution in [0.1, 0.15) is 239 Å². The molecule has 0 fully saturated rings. The van der Waals surface area contributed by atoms with E-state index in [2.05, 4.69) is 154 Å². The van der Waals surface area contributed by atoms with Crippen molar-refractivity contribution in [3.63, 3.8) is 0 Å². The van der Waals surface area contributed by atoms with E-state index in [-0.39, 0.29) is 44.0 Å². The molecule has 0 aliphatic carbocycles. The number of carbonyl (C=O) groups is 3. The number of rotatable bonds is 51. The van der Waals surface area contributed by atoms with Gasteiger partial charge in [-0.25, -0.2) is 0 Å². The molecule has 0 N–H and O–H groups in total. The lowest BCUT2D eigenvalue weighted by molar-refractivity contribution is -0.166. The molecule has 6 heteroatoms. The molecule has 0 amide bonds. The second kappa shape index (κ2) is 59.8. The lowest BCUT2D eigenvalue weighted by Crippen LogP contribution is -2.30. The molecule has 0 saturated heterocycles. The van der Waals surface area contributed by atoms with Crippen LogP contribution in [-0.4, -0.2) is 37.2 Å². The molecule has 0 saturated carbocycles. The van der Waals surface area contributed by atoms with Crippen LogP contribution in [0.2, 0.25) is 0 Å². The molecule has 410 valence electrons. The minimum absolute atomic E-state index is 0.125. The lowest BCUT2D eigenvalue weighted by atomic mass is 10.1. The monoisotopic (exact) mass is 1010 g/mol. The van der Waals surface area contributed by atoms with Crippen molar-refractivity contribution in [2.24, 2.45) is 0 Å². The summed E-state index contributed by atoms with van der Waals surface area (Å²) in [5.74, 6) is -1.05. The zero-order valence-electron chi connectivity index (χ0n) is 46.8. The van der Waals surface area contributed by atoms with E-state index in [0.29, 0.717) is 12.8 Å². The van der Waals surface area contributed by atoms with Crippen LogP contribution in [-0.2, 0) is 28.6 Å². The molecule has 1 atom stereocenters. The predicted molar refractivity (Wildman–Crippen MR) is 315 cm³/mol. The Kier molecular flexibility index (Phi) is 56.0. The van der Waals surface area contributed by atoms with Gasteiger partial charge in [0, 0.05) is 19.3 Å². The Morgan fingerprint density at radius 3 is 1.05 bits per heavy atom. The van der Waals surface area contributed by atoms with Crippen molar-refractivity contribution in [2.45, 2.75) is 245 Å². The molecule has 0 spiro atoms. The average Bonchev–Trinajstić information content (AvgIpc) is 3.39. The van der Waals surface area contributed by atoms with Crippen molar-refractivity contribution >= 4 is 17.9 Å². The summed E-state index contributed by atoms with van der Waals surface area (Å²) in [6.07, 6.45) is 85.5. The fraction of sp³-hybridized carbons (Fsp3) is 0.597. The van der Waals surface area contributed by atoms with E-state index >= 15 is 0 Å². The molecule has 73 heavy (non-hydrogen) atoms. The Hall–Kier alpha value is -4.71. The van der Waals surface area contributed by atoms with Crippen molar-refractivity contribution in [3.05, 3.63) is 146 Å². The van der Waals surface area contributed by atoms with Crippen molar-refractivity contribution in [2.75, 3.05) is 13.2 Å². The predicted octanol–water partition coefficient (Wildman–Crippen LogP) is 20.0. The first-order valence-corrected chi connectivity index (χ1v) is 29.4. The van der Waals surface area contributed by atoms with Gasteiger partial charge in [-0.2, -0.15) is 0 Å². The molecule has 0 rings (SSSR count). The molecule has 1 unspecified atom stereocenters. The SMILES string of the molecule is CC/C=C\C/C=C\C/C=C\C/C=C\C/C=C\C/C=C\CCC(=O)OCC(COC(=O)CCCCCCC/C=C\C=C/CCCCCCCCC)OC(=O)CCCCCCC\C=C/C=C\C=C/C=C\CCCCC. The Labute approximate surface area is 448 Å². The van der Waals surface area contributed by atoms with Gasteiger partial charge in [0.2, 0.25) is 0 Å². The quantitative estimate of drug-likeness (QED) is 0.0199. The van der Waals surface area contributed by atoms with Gasteiger partial charge in [-0.1, -0.05) is 256 Å². The van der Waals surface area contributed by atoms with Gasteiger partial charge in [0.1, 0.15) is 13.2 Å². The maximum atomic E-state index is 12.9. The number of unbranched alkanes of at least 4 members (excludes halogenated alkanes) is 20. The van der Waals surface area contributed by atoms with Gasteiger partial charge in [0.25, 0.3) is 0 Å². The van der Waals surface area contributed by atoms with Crippen LogP contribution >= 0.6 is 0 Å². The standard InChI is InChI=1S/C67H106O6/c1-4-7-10-13-16-19-22-25-28-31-34-37-39-42-45-48-51-54-57-60-66(69)72-63-64(73-67(70)61-58-55-52-49-46-43-40-36-33-30-27-24-21-18-15-12-9-6-3)62-71-65(68)59-56-53-50-47-44-41-38-35-32-29-26-23-20-17-14-11-8-5-2/h7,10,16,18-19,21,24-25,27-30,32-38,40,42,45,51,54,64H,4-6,8-9,11-15,17,20,22-23,26,31,39,41,43-44,46-50,52-53,55-63H2,1-3H3/b10-7-,19-16-,21-18-,27-24-,28-25-,32-29-,33-30-,37-34-,38-35-,40-36-,45-42-,54-51-. The first kappa shape index (κ1) is 68.3. The third-order valence-electron chi connectivity index (χ3n) is 11.9. The van der Waals surface area contributed by atoms with Crippen LogP contribution in [0.3, 0.4) is 0 Å². The number of allylic oxidation sites excluding steroid dienone is 24. The molecule has 0 aromatic carbocycles. The molecule has 0 aromatic heterocycles. The third-order valence-corrected chi connectivity index (χ3v) is 11.9. The molecule has 0 heterocycles. The van der Waals surface area contributed by atoms with E-state index in [1.807, 2.05) is 12.2 Å². The highest BCUT2D eigenvalue weighted by molar-refractivity contribution is 5.71. The van der Waals surface area contributed by atoms with Crippen LogP contribution in [0.5, 0.6) is 0 Å². The first-order valence-electron chi connectivity index (χ1n) is 29.4. The summed E-state index contributed by atoms with van der Waals surface area (Å²) in [5.41, 5.74) is 0. The maximum Gasteiger partial charge on any atom is 0.306 e. The zero-order chi connectivity index (χ0) is 52.9. The second-order valence-corrected chi connectivity index (χ2v) is 18.9. The summed E-state index contributed by atoms with van der Waals surface area (Å²) in [4.78, 5) is 38.2. The third kappa shape index (κ3) is 58.1. The smallest absolute Gasteiger partial charge is 0.306 e. The maximum absolute atomic E-state index is 12.9. The van der Waals surface area contributed by atoms with E-state index in [4.69, 9.17) is 14.2 Å². The minimum Gasteiger partial charge on any atom is -0.462 e. The minimum atomic E-state index is -0.835. The van der Waals surface area contributed by atoms with Crippen molar-refractivity contribution in [3.8, 4) is 0 Å². The van der Waals surface area contributed by atoms with Gasteiger partial charge in [-0.15, -0.1) is 0 Å². The van der Waals surface area contributed by atoms with Gasteiger partial charge in [-0.05, 0) is 109 Å². The van der Waals surface area contributed by atoms with E-state index in [0.717, 1.165) is 122 Å². The first-order chi connectivity index (χ1) is 36.0. The molecule has 6 nitrogen and oxygen atoms in total. The molecular formula is C67H106O6. The molecule has 0 radical (unpaired) electrons. The van der Waals surface area contributed by atoms with E-state index in [1.165, 1.54) is 70.6 Å². The number of carbonyl (C=O) groups excluding carboxylic acids is 3. The zero-order valence-corrected chi connectivity index (χ0v) is 46.8. The van der Waals surface area contributed by atoms with Crippen molar-refractivity contribution < 1.29 is 28.6 Å². The van der Waals surface area contributed by atoms with Gasteiger partial charge in [0.05, 0.1) is 0 Å². The summed E-state index contributed by atoms with van der Waals surface area (Å²) in [6.45, 7) is 6.38. The van der Waals surface area contributed by atoms with Crippen LogP contribution < -0.4 is 0 Å². The number of hydrogen-bond donors (Lipinski definition) is 0. The van der Waals surface area contributed by atoms with E-state index in [1.54, 1.807) is 0 Å². The molecular weight excluding hydrogens is 901 g/mol. The summed E-state index contributed by atoms with van der Waals surface area (Å²) < 4.78 is 16.8. The second-order valence-electron chi connectivity index (χ2n) is 18.9. The topological polar surface area (TPSA) is 78.9 Å². The Morgan fingerprint density at radius 2 is 0.616 bits per heavy atom. The van der Waals surface area contributed by atoms with Crippen molar-refractivity contribution in [1.29, 1.82) is 0 Å². The largest absolute Gasteiger partial charge is 0.462 e. The fourth-order valence-electron chi connectivity index (χ4n) is 7.53. The molecule has 0 aliphatic rings. The van der Waals surface area contributed by atoms with Gasteiger partial charge >= 0.3 is 17.9 Å². The van der Waals surface area contributed by atoms with E-state index in [9.17, 15) is 14.4 Å². The average molecular weight is 1010 g/mol. The summed E-state index contributed by atoms with van der Waals surface area (Å²) in [6, 6.07) is 0. The summed E-state index contributed by atoms with van der Waals surface area (Å²) in [7, 11) is 0. The lowest BCUT2D eigenvalue weighted by Gasteiger charge is -2.18. The van der Waals surface area contributed by atoms with Gasteiger partial charge < -0.3 is 14.2 Å². The van der Waals surface area contributed by atoms with Gasteiger partial charge in [-0.3, -0.25) is 14.4 Å². The van der Waals surface area contributed by atoms with Crippen LogP contribution in [0.15, 0.2) is 146 Å². The molecule has 0 bridgehead atoms. The fourth-order valence-corrected chi connectivity index (χ4v) is 7.53. The summed E-state index contributed by atoms with van der Waals surface area (Å²) >= 11 is 0. The molecule has 0 aromatic rings. The molecule has 0 aliphatic heterocycles.